The third-order valence-electron chi connectivity index (χ3n) is 6.97. The Hall–Kier alpha value is -1.06. The fourth-order valence-corrected chi connectivity index (χ4v) is 5.21. The Bertz CT molecular complexity index is 448. The largest absolute Gasteiger partial charge is 0.481 e. The Morgan fingerprint density at radius 2 is 1.57 bits per heavy atom. The highest BCUT2D eigenvalue weighted by Gasteiger charge is 2.44. The summed E-state index contributed by atoms with van der Waals surface area (Å²) in [5.74, 6) is 0.189. The van der Waals surface area contributed by atoms with Gasteiger partial charge in [-0.25, -0.2) is 0 Å². The predicted molar refractivity (Wildman–Crippen MR) is 89.0 cm³/mol. The molecule has 1 saturated heterocycles. The van der Waals surface area contributed by atoms with Crippen LogP contribution in [0.5, 0.6) is 0 Å². The number of carbonyl (C=O) groups excluding carboxylic acids is 1. The summed E-state index contributed by atoms with van der Waals surface area (Å²) in [7, 11) is 0. The van der Waals surface area contributed by atoms with Crippen molar-refractivity contribution < 1.29 is 14.7 Å². The number of carboxylic acids is 1. The normalized spacial score (nSPS) is 34.3. The molecule has 0 aromatic carbocycles. The molecule has 1 amide bonds. The summed E-state index contributed by atoms with van der Waals surface area (Å²) < 4.78 is 0. The quantitative estimate of drug-likeness (QED) is 0.843. The van der Waals surface area contributed by atoms with E-state index in [0.29, 0.717) is 24.2 Å². The second-order valence-electron chi connectivity index (χ2n) is 8.26. The Kier molecular flexibility index (Phi) is 4.98. The second-order valence-corrected chi connectivity index (χ2v) is 8.26. The molecule has 4 nitrogen and oxygen atoms in total. The van der Waals surface area contributed by atoms with E-state index in [2.05, 4.69) is 11.8 Å². The summed E-state index contributed by atoms with van der Waals surface area (Å²) in [6.45, 7) is 4.23. The molecule has 1 aliphatic heterocycles. The van der Waals surface area contributed by atoms with Crippen molar-refractivity contribution in [3.63, 3.8) is 0 Å². The third kappa shape index (κ3) is 3.41. The van der Waals surface area contributed by atoms with E-state index >= 15 is 0 Å². The Labute approximate surface area is 139 Å². The fraction of sp³-hybridized carbons (Fsp3) is 0.895. The molecule has 1 atom stereocenters. The average Bonchev–Trinajstić information content (AvgIpc) is 2.58. The molecule has 3 fully saturated rings. The first-order chi connectivity index (χ1) is 11.0. The van der Waals surface area contributed by atoms with Crippen LogP contribution in [0.2, 0.25) is 0 Å². The zero-order valence-corrected chi connectivity index (χ0v) is 14.4. The van der Waals surface area contributed by atoms with Crippen molar-refractivity contribution >= 4 is 11.9 Å². The van der Waals surface area contributed by atoms with E-state index in [1.807, 2.05) is 0 Å². The van der Waals surface area contributed by atoms with Crippen LogP contribution in [0.25, 0.3) is 0 Å². The van der Waals surface area contributed by atoms with Crippen molar-refractivity contribution in [2.24, 2.45) is 23.2 Å². The zero-order chi connectivity index (χ0) is 16.4. The Morgan fingerprint density at radius 1 is 0.957 bits per heavy atom. The summed E-state index contributed by atoms with van der Waals surface area (Å²) >= 11 is 0. The van der Waals surface area contributed by atoms with Gasteiger partial charge in [-0.05, 0) is 56.3 Å². The molecule has 3 rings (SSSR count). The first-order valence-corrected chi connectivity index (χ1v) is 9.53. The van der Waals surface area contributed by atoms with Crippen LogP contribution in [0.3, 0.4) is 0 Å². The number of carboxylic acid groups (broad SMARTS) is 1. The van der Waals surface area contributed by atoms with Crippen molar-refractivity contribution in [1.82, 2.24) is 4.90 Å². The molecule has 0 aromatic rings. The molecule has 1 unspecified atom stereocenters. The van der Waals surface area contributed by atoms with Crippen LogP contribution in [0, 0.1) is 23.2 Å². The highest BCUT2D eigenvalue weighted by Crippen LogP contribution is 2.47. The van der Waals surface area contributed by atoms with Gasteiger partial charge in [-0.3, -0.25) is 9.59 Å². The minimum absolute atomic E-state index is 0.0691. The monoisotopic (exact) mass is 321 g/mol. The van der Waals surface area contributed by atoms with Crippen LogP contribution >= 0.6 is 0 Å². The SMILES string of the molecule is CC1CCN(C(=O)C2CCC(C(=O)O)CC2)CC12CCCCC2. The van der Waals surface area contributed by atoms with E-state index in [1.54, 1.807) is 0 Å². The number of rotatable bonds is 2. The van der Waals surface area contributed by atoms with Crippen LogP contribution in [-0.4, -0.2) is 35.0 Å². The zero-order valence-electron chi connectivity index (χ0n) is 14.4. The molecule has 2 aliphatic carbocycles. The molecule has 1 heterocycles. The van der Waals surface area contributed by atoms with Crippen LogP contribution < -0.4 is 0 Å². The van der Waals surface area contributed by atoms with Crippen LogP contribution in [-0.2, 0) is 9.59 Å². The molecular formula is C19H31NO3. The summed E-state index contributed by atoms with van der Waals surface area (Å²) in [6.07, 6.45) is 10.5. The molecule has 130 valence electrons. The lowest BCUT2D eigenvalue weighted by molar-refractivity contribution is -0.148. The molecule has 2 saturated carbocycles. The van der Waals surface area contributed by atoms with Crippen molar-refractivity contribution in [3.05, 3.63) is 0 Å². The van der Waals surface area contributed by atoms with Crippen molar-refractivity contribution in [3.8, 4) is 0 Å². The standard InChI is InChI=1S/C19H31NO3/c1-14-9-12-20(13-19(14)10-3-2-4-11-19)17(21)15-5-7-16(8-6-15)18(22)23/h14-16H,2-13H2,1H3,(H,22,23). The van der Waals surface area contributed by atoms with Gasteiger partial charge in [0.05, 0.1) is 5.92 Å². The smallest absolute Gasteiger partial charge is 0.306 e. The van der Waals surface area contributed by atoms with Crippen molar-refractivity contribution in [2.45, 2.75) is 71.1 Å². The molecule has 4 heteroatoms. The first-order valence-electron chi connectivity index (χ1n) is 9.53. The maximum Gasteiger partial charge on any atom is 0.306 e. The fourth-order valence-electron chi connectivity index (χ4n) is 5.21. The van der Waals surface area contributed by atoms with Gasteiger partial charge in [0.15, 0.2) is 0 Å². The lowest BCUT2D eigenvalue weighted by Crippen LogP contribution is -2.52. The van der Waals surface area contributed by atoms with Gasteiger partial charge in [0.1, 0.15) is 0 Å². The number of carbonyl (C=O) groups is 2. The van der Waals surface area contributed by atoms with Gasteiger partial charge in [-0.1, -0.05) is 26.2 Å². The van der Waals surface area contributed by atoms with Crippen molar-refractivity contribution in [2.75, 3.05) is 13.1 Å². The lowest BCUT2D eigenvalue weighted by atomic mass is 9.63. The van der Waals surface area contributed by atoms with Gasteiger partial charge >= 0.3 is 5.97 Å². The van der Waals surface area contributed by atoms with Gasteiger partial charge in [0.25, 0.3) is 0 Å². The van der Waals surface area contributed by atoms with Gasteiger partial charge in [-0.2, -0.15) is 0 Å². The molecule has 0 bridgehead atoms. The van der Waals surface area contributed by atoms with E-state index in [9.17, 15) is 9.59 Å². The van der Waals surface area contributed by atoms with Crippen LogP contribution in [0.15, 0.2) is 0 Å². The number of amides is 1. The molecule has 3 aliphatic rings. The van der Waals surface area contributed by atoms with Gasteiger partial charge in [0.2, 0.25) is 5.91 Å². The lowest BCUT2D eigenvalue weighted by Gasteiger charge is -2.50. The van der Waals surface area contributed by atoms with E-state index in [4.69, 9.17) is 5.11 Å². The number of hydrogen-bond donors (Lipinski definition) is 1. The highest BCUT2D eigenvalue weighted by atomic mass is 16.4. The minimum Gasteiger partial charge on any atom is -0.481 e. The Balaban J connectivity index is 1.60. The maximum atomic E-state index is 12.9. The minimum atomic E-state index is -0.691. The summed E-state index contributed by atoms with van der Waals surface area (Å²) in [5.41, 5.74) is 0.366. The molecule has 0 aromatic heterocycles. The number of aliphatic carboxylic acids is 1. The number of piperidine rings is 1. The van der Waals surface area contributed by atoms with E-state index in [1.165, 1.54) is 32.1 Å². The average molecular weight is 321 g/mol. The second kappa shape index (κ2) is 6.82. The number of likely N-dealkylation sites (tertiary alicyclic amines) is 1. The molecule has 1 N–H and O–H groups in total. The van der Waals surface area contributed by atoms with Crippen LogP contribution in [0.4, 0.5) is 0 Å². The highest BCUT2D eigenvalue weighted by molar-refractivity contribution is 5.79. The summed E-state index contributed by atoms with van der Waals surface area (Å²) in [5, 5.41) is 9.11. The van der Waals surface area contributed by atoms with Gasteiger partial charge < -0.3 is 10.0 Å². The van der Waals surface area contributed by atoms with Gasteiger partial charge in [0, 0.05) is 19.0 Å². The molecular weight excluding hydrogens is 290 g/mol. The summed E-state index contributed by atoms with van der Waals surface area (Å²) in [4.78, 5) is 26.2. The van der Waals surface area contributed by atoms with Crippen LogP contribution in [0.1, 0.15) is 71.1 Å². The topological polar surface area (TPSA) is 57.6 Å². The van der Waals surface area contributed by atoms with Gasteiger partial charge in [-0.15, -0.1) is 0 Å². The molecule has 1 spiro atoms. The first kappa shape index (κ1) is 16.8. The Morgan fingerprint density at radius 3 is 2.17 bits per heavy atom. The third-order valence-corrected chi connectivity index (χ3v) is 6.97. The molecule has 0 radical (unpaired) electrons. The van der Waals surface area contributed by atoms with E-state index in [-0.39, 0.29) is 11.8 Å². The maximum absolute atomic E-state index is 12.9. The number of nitrogens with zero attached hydrogens (tertiary/aromatic N) is 1. The summed E-state index contributed by atoms with van der Waals surface area (Å²) in [6, 6.07) is 0. The molecule has 23 heavy (non-hydrogen) atoms. The predicted octanol–water partition coefficient (Wildman–Crippen LogP) is 3.70. The number of hydrogen-bond acceptors (Lipinski definition) is 2. The van der Waals surface area contributed by atoms with E-state index < -0.39 is 5.97 Å². The van der Waals surface area contributed by atoms with E-state index in [0.717, 1.165) is 38.3 Å². The van der Waals surface area contributed by atoms with Crippen molar-refractivity contribution in [1.29, 1.82) is 0 Å².